The maximum absolute atomic E-state index is 13.5. The van der Waals surface area contributed by atoms with Crippen LogP contribution in [0.25, 0.3) is 0 Å². The zero-order valence-electron chi connectivity index (χ0n) is 11.2. The summed E-state index contributed by atoms with van der Waals surface area (Å²) in [4.78, 5) is 0. The molecule has 2 aromatic rings. The second-order valence-corrected chi connectivity index (χ2v) is 6.26. The Bertz CT molecular complexity index is 748. The van der Waals surface area contributed by atoms with Crippen LogP contribution in [-0.4, -0.2) is 14.7 Å². The first kappa shape index (κ1) is 15.2. The zero-order chi connectivity index (χ0) is 15.5. The second-order valence-electron chi connectivity index (χ2n) is 4.51. The molecule has 0 unspecified atom stereocenters. The van der Waals surface area contributed by atoms with Gasteiger partial charge < -0.3 is 5.32 Å². The summed E-state index contributed by atoms with van der Waals surface area (Å²) in [6, 6.07) is 9.77. The first-order chi connectivity index (χ1) is 9.85. The number of sulfonamides is 1. The molecule has 0 aliphatic rings. The van der Waals surface area contributed by atoms with Crippen LogP contribution < -0.4 is 10.0 Å². The van der Waals surface area contributed by atoms with Crippen molar-refractivity contribution in [1.82, 2.24) is 0 Å². The lowest BCUT2D eigenvalue weighted by Gasteiger charge is -2.13. The van der Waals surface area contributed by atoms with Crippen molar-refractivity contribution in [2.45, 2.75) is 6.54 Å². The Morgan fingerprint density at radius 1 is 1.05 bits per heavy atom. The molecule has 0 spiro atoms. The minimum Gasteiger partial charge on any atom is -0.379 e. The first-order valence-corrected chi connectivity index (χ1v) is 7.99. The van der Waals surface area contributed by atoms with Gasteiger partial charge in [-0.3, -0.25) is 4.72 Å². The van der Waals surface area contributed by atoms with Gasteiger partial charge in [-0.05, 0) is 30.3 Å². The quantitative estimate of drug-likeness (QED) is 0.892. The van der Waals surface area contributed by atoms with Crippen molar-refractivity contribution >= 4 is 21.4 Å². The Kier molecular flexibility index (Phi) is 4.42. The molecule has 2 rings (SSSR count). The van der Waals surface area contributed by atoms with E-state index in [9.17, 15) is 17.2 Å². The Morgan fingerprint density at radius 3 is 2.38 bits per heavy atom. The van der Waals surface area contributed by atoms with Gasteiger partial charge in [0.15, 0.2) is 0 Å². The zero-order valence-corrected chi connectivity index (χ0v) is 12.0. The van der Waals surface area contributed by atoms with Crippen LogP contribution in [0.15, 0.2) is 42.5 Å². The maximum Gasteiger partial charge on any atom is 0.229 e. The third-order valence-electron chi connectivity index (χ3n) is 2.70. The lowest BCUT2D eigenvalue weighted by molar-refractivity contribution is 0.587. The predicted octanol–water partition coefficient (Wildman–Crippen LogP) is 2.95. The van der Waals surface area contributed by atoms with Crippen LogP contribution >= 0.6 is 0 Å². The summed E-state index contributed by atoms with van der Waals surface area (Å²) in [6.07, 6.45) is 1.04. The standard InChI is InChI=1S/C14H14F2N2O2S/c1-21(19,20)18-14-5-3-2-4-13(14)17-9-10-8-11(15)6-7-12(10)16/h2-8,17-18H,9H2,1H3. The molecule has 0 bridgehead atoms. The van der Waals surface area contributed by atoms with E-state index in [1.807, 2.05) is 0 Å². The summed E-state index contributed by atoms with van der Waals surface area (Å²) in [5.41, 5.74) is 0.979. The number of anilines is 2. The molecule has 0 aromatic heterocycles. The molecular formula is C14H14F2N2O2S. The van der Waals surface area contributed by atoms with Crippen LogP contribution in [-0.2, 0) is 16.6 Å². The largest absolute Gasteiger partial charge is 0.379 e. The Labute approximate surface area is 121 Å². The average Bonchev–Trinajstić information content (AvgIpc) is 2.39. The van der Waals surface area contributed by atoms with Crippen molar-refractivity contribution in [3.8, 4) is 0 Å². The fourth-order valence-corrected chi connectivity index (χ4v) is 2.37. The summed E-state index contributed by atoms with van der Waals surface area (Å²) in [6.45, 7) is 0.0338. The van der Waals surface area contributed by atoms with Crippen LogP contribution in [0.3, 0.4) is 0 Å². The summed E-state index contributed by atoms with van der Waals surface area (Å²) in [7, 11) is -3.42. The normalized spacial score (nSPS) is 11.2. The summed E-state index contributed by atoms with van der Waals surface area (Å²) in [5, 5.41) is 2.89. The van der Waals surface area contributed by atoms with Gasteiger partial charge in [0.2, 0.25) is 10.0 Å². The molecule has 0 atom stereocenters. The van der Waals surface area contributed by atoms with E-state index < -0.39 is 21.7 Å². The average molecular weight is 312 g/mol. The third kappa shape index (κ3) is 4.42. The number of benzene rings is 2. The highest BCUT2D eigenvalue weighted by molar-refractivity contribution is 7.92. The lowest BCUT2D eigenvalue weighted by atomic mass is 10.2. The highest BCUT2D eigenvalue weighted by Gasteiger charge is 2.08. The first-order valence-electron chi connectivity index (χ1n) is 6.10. The number of rotatable bonds is 5. The van der Waals surface area contributed by atoms with Crippen LogP contribution in [0.2, 0.25) is 0 Å². The van der Waals surface area contributed by atoms with Crippen molar-refractivity contribution < 1.29 is 17.2 Å². The Hall–Kier alpha value is -2.15. The van der Waals surface area contributed by atoms with E-state index >= 15 is 0 Å². The number of hydrogen-bond acceptors (Lipinski definition) is 3. The van der Waals surface area contributed by atoms with Gasteiger partial charge in [0.05, 0.1) is 17.6 Å². The number of para-hydroxylation sites is 2. The molecule has 0 aliphatic heterocycles. The lowest BCUT2D eigenvalue weighted by Crippen LogP contribution is -2.12. The molecule has 7 heteroatoms. The molecule has 2 N–H and O–H groups in total. The van der Waals surface area contributed by atoms with E-state index in [2.05, 4.69) is 10.0 Å². The van der Waals surface area contributed by atoms with E-state index in [0.717, 1.165) is 24.5 Å². The second kappa shape index (κ2) is 6.09. The van der Waals surface area contributed by atoms with E-state index in [-0.39, 0.29) is 12.1 Å². The predicted molar refractivity (Wildman–Crippen MR) is 78.6 cm³/mol. The topological polar surface area (TPSA) is 58.2 Å². The van der Waals surface area contributed by atoms with Gasteiger partial charge in [-0.15, -0.1) is 0 Å². The molecular weight excluding hydrogens is 298 g/mol. The molecule has 0 aliphatic carbocycles. The van der Waals surface area contributed by atoms with Gasteiger partial charge in [0, 0.05) is 12.1 Å². The molecule has 0 amide bonds. The molecule has 2 aromatic carbocycles. The minimum absolute atomic E-state index is 0.0338. The monoisotopic (exact) mass is 312 g/mol. The van der Waals surface area contributed by atoms with Crippen molar-refractivity contribution in [2.24, 2.45) is 0 Å². The highest BCUT2D eigenvalue weighted by atomic mass is 32.2. The molecule has 112 valence electrons. The van der Waals surface area contributed by atoms with Gasteiger partial charge in [0.1, 0.15) is 11.6 Å². The number of nitrogens with one attached hydrogen (secondary N) is 2. The molecule has 0 saturated carbocycles. The highest BCUT2D eigenvalue weighted by Crippen LogP contribution is 2.23. The van der Waals surface area contributed by atoms with E-state index in [1.165, 1.54) is 0 Å². The SMILES string of the molecule is CS(=O)(=O)Nc1ccccc1NCc1cc(F)ccc1F. The van der Waals surface area contributed by atoms with Gasteiger partial charge in [0.25, 0.3) is 0 Å². The smallest absolute Gasteiger partial charge is 0.229 e. The Balaban J connectivity index is 2.18. The minimum atomic E-state index is -3.42. The Morgan fingerprint density at radius 2 is 1.71 bits per heavy atom. The van der Waals surface area contributed by atoms with Gasteiger partial charge in [-0.25, -0.2) is 17.2 Å². The van der Waals surface area contributed by atoms with Gasteiger partial charge in [-0.1, -0.05) is 12.1 Å². The van der Waals surface area contributed by atoms with Crippen LogP contribution in [0.5, 0.6) is 0 Å². The van der Waals surface area contributed by atoms with Crippen molar-refractivity contribution in [3.05, 3.63) is 59.7 Å². The molecule has 4 nitrogen and oxygen atoms in total. The van der Waals surface area contributed by atoms with Crippen LogP contribution in [0.4, 0.5) is 20.2 Å². The molecule has 0 saturated heterocycles. The van der Waals surface area contributed by atoms with E-state index in [1.54, 1.807) is 24.3 Å². The van der Waals surface area contributed by atoms with Crippen molar-refractivity contribution in [3.63, 3.8) is 0 Å². The van der Waals surface area contributed by atoms with Gasteiger partial charge in [-0.2, -0.15) is 0 Å². The van der Waals surface area contributed by atoms with E-state index in [4.69, 9.17) is 0 Å². The summed E-state index contributed by atoms with van der Waals surface area (Å²) >= 11 is 0. The maximum atomic E-state index is 13.5. The fraction of sp³-hybridized carbons (Fsp3) is 0.143. The molecule has 21 heavy (non-hydrogen) atoms. The van der Waals surface area contributed by atoms with Crippen molar-refractivity contribution in [2.75, 3.05) is 16.3 Å². The molecule has 0 radical (unpaired) electrons. The third-order valence-corrected chi connectivity index (χ3v) is 3.29. The molecule has 0 fully saturated rings. The van der Waals surface area contributed by atoms with Crippen molar-refractivity contribution in [1.29, 1.82) is 0 Å². The summed E-state index contributed by atoms with van der Waals surface area (Å²) < 4.78 is 51.5. The van der Waals surface area contributed by atoms with Gasteiger partial charge >= 0.3 is 0 Å². The number of halogens is 2. The molecule has 0 heterocycles. The fourth-order valence-electron chi connectivity index (χ4n) is 1.80. The van der Waals surface area contributed by atoms with E-state index in [0.29, 0.717) is 11.4 Å². The van der Waals surface area contributed by atoms with Crippen LogP contribution in [0, 0.1) is 11.6 Å². The van der Waals surface area contributed by atoms with Crippen LogP contribution in [0.1, 0.15) is 5.56 Å². The summed E-state index contributed by atoms with van der Waals surface area (Å²) in [5.74, 6) is -1.06. The number of hydrogen-bond donors (Lipinski definition) is 2.